The van der Waals surface area contributed by atoms with Gasteiger partial charge in [-0.05, 0) is 37.7 Å². The van der Waals surface area contributed by atoms with Crippen LogP contribution in [0.1, 0.15) is 44.1 Å². The Balaban J connectivity index is 2.68. The van der Waals surface area contributed by atoms with Crippen LogP contribution < -0.4 is 10.6 Å². The SMILES string of the molecule is C=CCCCCC(=O)OC[C@@H](Cc1ccccc1)NC(=O)[C@H](CC=C)CC(=O)NCCOCCO. The fraction of sp³-hybridized carbons (Fsp3) is 0.519. The number of unbranched alkanes of at least 4 members (excludes halogenated alkanes) is 2. The molecule has 0 aliphatic carbocycles. The van der Waals surface area contributed by atoms with Gasteiger partial charge in [-0.2, -0.15) is 0 Å². The summed E-state index contributed by atoms with van der Waals surface area (Å²) in [6.45, 7) is 8.13. The van der Waals surface area contributed by atoms with Crippen LogP contribution in [0.25, 0.3) is 0 Å². The molecule has 0 saturated heterocycles. The molecule has 2 atom stereocenters. The van der Waals surface area contributed by atoms with Gasteiger partial charge in [0.25, 0.3) is 0 Å². The van der Waals surface area contributed by atoms with Gasteiger partial charge in [-0.3, -0.25) is 14.4 Å². The Morgan fingerprint density at radius 1 is 1.06 bits per heavy atom. The van der Waals surface area contributed by atoms with Crippen LogP contribution >= 0.6 is 0 Å². The van der Waals surface area contributed by atoms with Gasteiger partial charge >= 0.3 is 5.97 Å². The predicted octanol–water partition coefficient (Wildman–Crippen LogP) is 2.71. The third-order valence-corrected chi connectivity index (χ3v) is 5.21. The van der Waals surface area contributed by atoms with Crippen molar-refractivity contribution in [2.75, 3.05) is 33.0 Å². The van der Waals surface area contributed by atoms with E-state index in [0.29, 0.717) is 25.8 Å². The van der Waals surface area contributed by atoms with E-state index in [1.54, 1.807) is 6.08 Å². The zero-order chi connectivity index (χ0) is 25.7. The van der Waals surface area contributed by atoms with Gasteiger partial charge in [-0.1, -0.05) is 42.5 Å². The van der Waals surface area contributed by atoms with Gasteiger partial charge in [0.2, 0.25) is 11.8 Å². The highest BCUT2D eigenvalue weighted by atomic mass is 16.5. The summed E-state index contributed by atoms with van der Waals surface area (Å²) in [5.74, 6) is -1.46. The van der Waals surface area contributed by atoms with Gasteiger partial charge in [-0.15, -0.1) is 13.2 Å². The van der Waals surface area contributed by atoms with Gasteiger partial charge in [0, 0.05) is 19.4 Å². The van der Waals surface area contributed by atoms with Crippen molar-refractivity contribution in [1.29, 1.82) is 0 Å². The molecule has 35 heavy (non-hydrogen) atoms. The summed E-state index contributed by atoms with van der Waals surface area (Å²) in [5.41, 5.74) is 1.00. The molecule has 0 unspecified atom stereocenters. The van der Waals surface area contributed by atoms with Crippen molar-refractivity contribution in [2.45, 2.75) is 51.0 Å². The summed E-state index contributed by atoms with van der Waals surface area (Å²) in [7, 11) is 0. The monoisotopic (exact) mass is 488 g/mol. The molecule has 0 fully saturated rings. The minimum atomic E-state index is -0.598. The number of hydrogen-bond acceptors (Lipinski definition) is 6. The number of rotatable bonds is 20. The molecule has 0 aliphatic heterocycles. The Kier molecular flexibility index (Phi) is 16.6. The number of benzene rings is 1. The second-order valence-corrected chi connectivity index (χ2v) is 8.22. The van der Waals surface area contributed by atoms with Crippen molar-refractivity contribution in [2.24, 2.45) is 5.92 Å². The lowest BCUT2D eigenvalue weighted by atomic mass is 9.98. The normalized spacial score (nSPS) is 12.3. The van der Waals surface area contributed by atoms with Gasteiger partial charge in [0.15, 0.2) is 0 Å². The van der Waals surface area contributed by atoms with Crippen LogP contribution in [0.3, 0.4) is 0 Å². The third-order valence-electron chi connectivity index (χ3n) is 5.21. The minimum absolute atomic E-state index is 0.000991. The maximum absolute atomic E-state index is 13.0. The fourth-order valence-electron chi connectivity index (χ4n) is 3.40. The van der Waals surface area contributed by atoms with Gasteiger partial charge < -0.3 is 25.2 Å². The maximum atomic E-state index is 13.0. The zero-order valence-corrected chi connectivity index (χ0v) is 20.6. The van der Waals surface area contributed by atoms with Gasteiger partial charge in [0.05, 0.1) is 31.8 Å². The van der Waals surface area contributed by atoms with E-state index in [2.05, 4.69) is 23.8 Å². The highest BCUT2D eigenvalue weighted by Gasteiger charge is 2.24. The second kappa shape index (κ2) is 19.3. The van der Waals surface area contributed by atoms with Crippen molar-refractivity contribution in [1.82, 2.24) is 10.6 Å². The Morgan fingerprint density at radius 3 is 2.51 bits per heavy atom. The van der Waals surface area contributed by atoms with Crippen molar-refractivity contribution in [3.8, 4) is 0 Å². The topological polar surface area (TPSA) is 114 Å². The first-order chi connectivity index (χ1) is 17.0. The lowest BCUT2D eigenvalue weighted by Crippen LogP contribution is -2.44. The Labute approximate surface area is 208 Å². The minimum Gasteiger partial charge on any atom is -0.463 e. The zero-order valence-electron chi connectivity index (χ0n) is 20.6. The lowest BCUT2D eigenvalue weighted by molar-refractivity contribution is -0.145. The van der Waals surface area contributed by atoms with Crippen molar-refractivity contribution in [3.63, 3.8) is 0 Å². The summed E-state index contributed by atoms with van der Waals surface area (Å²) in [6, 6.07) is 9.20. The Morgan fingerprint density at radius 2 is 1.83 bits per heavy atom. The number of esters is 1. The lowest BCUT2D eigenvalue weighted by Gasteiger charge is -2.22. The number of allylic oxidation sites excluding steroid dienone is 2. The van der Waals surface area contributed by atoms with E-state index in [1.165, 1.54) is 0 Å². The summed E-state index contributed by atoms with van der Waals surface area (Å²) in [5, 5.41) is 14.4. The predicted molar refractivity (Wildman–Crippen MR) is 136 cm³/mol. The number of ether oxygens (including phenoxy) is 2. The van der Waals surface area contributed by atoms with Crippen LogP contribution in [0.2, 0.25) is 0 Å². The first kappa shape index (κ1) is 30.1. The number of nitrogens with one attached hydrogen (secondary N) is 2. The molecule has 0 heterocycles. The van der Waals surface area contributed by atoms with E-state index in [0.717, 1.165) is 24.8 Å². The van der Waals surface area contributed by atoms with Crippen LogP contribution in [0.4, 0.5) is 0 Å². The molecule has 8 nitrogen and oxygen atoms in total. The Bertz CT molecular complexity index is 768. The van der Waals surface area contributed by atoms with Gasteiger partial charge in [-0.25, -0.2) is 0 Å². The van der Waals surface area contributed by atoms with E-state index < -0.39 is 12.0 Å². The van der Waals surface area contributed by atoms with E-state index in [1.807, 2.05) is 36.4 Å². The molecule has 8 heteroatoms. The summed E-state index contributed by atoms with van der Waals surface area (Å²) in [6.07, 6.45) is 7.03. The molecule has 0 radical (unpaired) electrons. The molecule has 0 aromatic heterocycles. The summed E-state index contributed by atoms with van der Waals surface area (Å²) >= 11 is 0. The molecule has 1 aromatic rings. The number of carbonyl (C=O) groups excluding carboxylic acids is 3. The number of aliphatic hydroxyl groups excluding tert-OH is 1. The molecule has 1 aromatic carbocycles. The highest BCUT2D eigenvalue weighted by molar-refractivity contribution is 5.86. The van der Waals surface area contributed by atoms with Crippen molar-refractivity contribution >= 4 is 17.8 Å². The van der Waals surface area contributed by atoms with E-state index in [4.69, 9.17) is 14.6 Å². The number of carbonyl (C=O) groups is 3. The maximum Gasteiger partial charge on any atom is 0.305 e. The smallest absolute Gasteiger partial charge is 0.305 e. The largest absolute Gasteiger partial charge is 0.463 e. The van der Waals surface area contributed by atoms with Crippen LogP contribution in [-0.2, 0) is 30.3 Å². The van der Waals surface area contributed by atoms with E-state index in [-0.39, 0.29) is 50.6 Å². The average molecular weight is 489 g/mol. The fourth-order valence-corrected chi connectivity index (χ4v) is 3.40. The summed E-state index contributed by atoms with van der Waals surface area (Å²) < 4.78 is 10.6. The summed E-state index contributed by atoms with van der Waals surface area (Å²) in [4.78, 5) is 37.5. The molecular formula is C27H40N2O6. The van der Waals surface area contributed by atoms with Crippen LogP contribution in [-0.4, -0.2) is 61.9 Å². The van der Waals surface area contributed by atoms with E-state index in [9.17, 15) is 14.4 Å². The molecule has 1 rings (SSSR count). The van der Waals surface area contributed by atoms with Crippen LogP contribution in [0.15, 0.2) is 55.6 Å². The van der Waals surface area contributed by atoms with Crippen molar-refractivity contribution < 1.29 is 29.0 Å². The molecular weight excluding hydrogens is 448 g/mol. The second-order valence-electron chi connectivity index (χ2n) is 8.22. The Hall–Kier alpha value is -2.97. The standard InChI is InChI=1S/C27H40N2O6/c1-3-5-6-10-14-26(32)35-21-24(19-22-12-8-7-9-13-22)29-27(33)23(11-4-2)20-25(31)28-15-17-34-18-16-30/h3-4,7-9,12-13,23-24,30H,1-2,5-6,10-11,14-21H2,(H,28,31)(H,29,33)/t23-,24-/m1/s1. The third kappa shape index (κ3) is 14.8. The van der Waals surface area contributed by atoms with Crippen LogP contribution in [0, 0.1) is 5.92 Å². The number of hydrogen-bond donors (Lipinski definition) is 3. The molecule has 0 spiro atoms. The van der Waals surface area contributed by atoms with Gasteiger partial charge in [0.1, 0.15) is 6.61 Å². The highest BCUT2D eigenvalue weighted by Crippen LogP contribution is 2.12. The molecule has 0 saturated carbocycles. The molecule has 2 amide bonds. The molecule has 3 N–H and O–H groups in total. The number of aliphatic hydroxyl groups is 1. The molecule has 0 aliphatic rings. The average Bonchev–Trinajstić information content (AvgIpc) is 2.85. The first-order valence-corrected chi connectivity index (χ1v) is 12.2. The van der Waals surface area contributed by atoms with E-state index >= 15 is 0 Å². The molecule has 0 bridgehead atoms. The van der Waals surface area contributed by atoms with Crippen molar-refractivity contribution in [3.05, 3.63) is 61.2 Å². The first-order valence-electron chi connectivity index (χ1n) is 12.2. The molecule has 194 valence electrons. The van der Waals surface area contributed by atoms with Crippen LogP contribution in [0.5, 0.6) is 0 Å². The number of amides is 2. The quantitative estimate of drug-likeness (QED) is 0.148.